The van der Waals surface area contributed by atoms with Gasteiger partial charge < -0.3 is 10.1 Å². The highest BCUT2D eigenvalue weighted by Crippen LogP contribution is 2.27. The predicted molar refractivity (Wildman–Crippen MR) is 127 cm³/mol. The van der Waals surface area contributed by atoms with Crippen molar-refractivity contribution < 1.29 is 13.5 Å². The Morgan fingerprint density at radius 2 is 1.91 bits per heavy atom. The summed E-state index contributed by atoms with van der Waals surface area (Å²) in [7, 11) is 1.35. The van der Waals surface area contributed by atoms with Crippen LogP contribution >= 0.6 is 11.6 Å². The first kappa shape index (κ1) is 22.5. The lowest BCUT2D eigenvalue weighted by Gasteiger charge is -2.17. The molecule has 0 atom stereocenters. The molecule has 0 radical (unpaired) electrons. The average molecular weight is 499 g/mol. The van der Waals surface area contributed by atoms with Gasteiger partial charge in [-0.1, -0.05) is 11.6 Å². The van der Waals surface area contributed by atoms with Crippen LogP contribution in [0.2, 0.25) is 5.02 Å². The number of anilines is 1. The first-order valence-corrected chi connectivity index (χ1v) is 10.8. The summed E-state index contributed by atoms with van der Waals surface area (Å²) in [5.41, 5.74) is -0.951. The highest BCUT2D eigenvalue weighted by molar-refractivity contribution is 6.30. The summed E-state index contributed by atoms with van der Waals surface area (Å²) < 4.78 is 36.5. The number of methoxy groups -OCH3 is 1. The molecule has 1 N–H and O–H groups in total. The molecule has 0 amide bonds. The van der Waals surface area contributed by atoms with Gasteiger partial charge in [0.1, 0.15) is 34.3 Å². The Balaban J connectivity index is 1.97. The summed E-state index contributed by atoms with van der Waals surface area (Å²) in [5, 5.41) is 2.82. The third-order valence-electron chi connectivity index (χ3n) is 5.40. The number of nitrogens with zero attached hydrogens (tertiary/aromatic N) is 5. The Kier molecular flexibility index (Phi) is 5.48. The van der Waals surface area contributed by atoms with Gasteiger partial charge in [0.05, 0.1) is 29.5 Å². The molecule has 0 spiro atoms. The molecular formula is C23H17ClF2N6O3. The normalized spacial score (nSPS) is 11.3. The maximum Gasteiger partial charge on any atom is 0.342 e. The van der Waals surface area contributed by atoms with Gasteiger partial charge in [-0.25, -0.2) is 23.1 Å². The molecule has 0 aliphatic carbocycles. The van der Waals surface area contributed by atoms with Crippen molar-refractivity contribution in [3.8, 4) is 17.4 Å². The lowest BCUT2D eigenvalue weighted by atomic mass is 10.2. The first-order chi connectivity index (χ1) is 16.8. The minimum Gasteiger partial charge on any atom is -0.480 e. The van der Waals surface area contributed by atoms with Crippen LogP contribution in [0, 0.1) is 11.6 Å². The SMILES string of the molecule is CCNc1cc2c(c(OC)n1)c(=O)n(-c1cnc3cc(F)ccn13)c(=O)n2-c1ccc(F)c(Cl)c1. The van der Waals surface area contributed by atoms with Gasteiger partial charge in [-0.15, -0.1) is 0 Å². The second kappa shape index (κ2) is 8.51. The number of nitrogens with one attached hydrogen (secondary N) is 1. The lowest BCUT2D eigenvalue weighted by molar-refractivity contribution is 0.403. The number of fused-ring (bicyclic) bond motifs is 2. The second-order valence-electron chi connectivity index (χ2n) is 7.49. The van der Waals surface area contributed by atoms with E-state index < -0.39 is 22.9 Å². The van der Waals surface area contributed by atoms with Crippen molar-refractivity contribution in [2.24, 2.45) is 0 Å². The molecule has 0 saturated carbocycles. The quantitative estimate of drug-likeness (QED) is 0.398. The fourth-order valence-electron chi connectivity index (χ4n) is 3.89. The molecule has 0 bridgehead atoms. The van der Waals surface area contributed by atoms with Gasteiger partial charge in [-0.3, -0.25) is 13.8 Å². The number of rotatable bonds is 5. The van der Waals surface area contributed by atoms with E-state index in [9.17, 15) is 18.4 Å². The van der Waals surface area contributed by atoms with E-state index in [2.05, 4.69) is 15.3 Å². The zero-order chi connectivity index (χ0) is 24.9. The van der Waals surface area contributed by atoms with Gasteiger partial charge in [0.15, 0.2) is 0 Å². The van der Waals surface area contributed by atoms with E-state index in [1.165, 1.54) is 58.8 Å². The van der Waals surface area contributed by atoms with Gasteiger partial charge in [0, 0.05) is 24.9 Å². The van der Waals surface area contributed by atoms with Crippen molar-refractivity contribution >= 4 is 34.0 Å². The topological polar surface area (TPSA) is 95.4 Å². The van der Waals surface area contributed by atoms with Crippen molar-refractivity contribution in [2.75, 3.05) is 19.0 Å². The number of ether oxygens (including phenoxy) is 1. The van der Waals surface area contributed by atoms with Crippen LogP contribution in [0.1, 0.15) is 6.92 Å². The molecule has 0 aliphatic rings. The van der Waals surface area contributed by atoms with Crippen molar-refractivity contribution in [2.45, 2.75) is 6.92 Å². The van der Waals surface area contributed by atoms with Crippen LogP contribution in [0.4, 0.5) is 14.6 Å². The molecule has 12 heteroatoms. The van der Waals surface area contributed by atoms with E-state index in [4.69, 9.17) is 16.3 Å². The summed E-state index contributed by atoms with van der Waals surface area (Å²) in [6.45, 7) is 2.38. The average Bonchev–Trinajstić information content (AvgIpc) is 3.23. The summed E-state index contributed by atoms with van der Waals surface area (Å²) in [6.07, 6.45) is 2.63. The molecule has 5 rings (SSSR count). The number of hydrogen-bond acceptors (Lipinski definition) is 6. The van der Waals surface area contributed by atoms with Gasteiger partial charge >= 0.3 is 5.69 Å². The largest absolute Gasteiger partial charge is 0.480 e. The van der Waals surface area contributed by atoms with E-state index in [0.717, 1.165) is 10.6 Å². The summed E-state index contributed by atoms with van der Waals surface area (Å²) in [6, 6.07) is 7.62. The van der Waals surface area contributed by atoms with Crippen LogP contribution < -0.4 is 21.3 Å². The highest BCUT2D eigenvalue weighted by Gasteiger charge is 2.23. The third kappa shape index (κ3) is 3.60. The third-order valence-corrected chi connectivity index (χ3v) is 5.69. The van der Waals surface area contributed by atoms with E-state index >= 15 is 0 Å². The van der Waals surface area contributed by atoms with Gasteiger partial charge in [0.25, 0.3) is 5.56 Å². The standard InChI is InChI=1S/C23H17ClF2N6O3/c1-3-27-17-10-16-20(21(29-17)35-2)22(33)32(19-11-28-18-8-12(25)6-7-30(18)19)23(34)31(16)13-4-5-15(26)14(24)9-13/h4-11H,3H2,1-2H3,(H,27,29). The maximum atomic E-state index is 13.9. The smallest absolute Gasteiger partial charge is 0.342 e. The fourth-order valence-corrected chi connectivity index (χ4v) is 4.07. The van der Waals surface area contributed by atoms with Crippen LogP contribution in [0.15, 0.2) is 58.4 Å². The monoisotopic (exact) mass is 498 g/mol. The van der Waals surface area contributed by atoms with Crippen LogP contribution in [-0.4, -0.2) is 37.2 Å². The Labute approximate surface area is 200 Å². The molecule has 5 aromatic rings. The molecule has 0 aliphatic heterocycles. The Morgan fingerprint density at radius 3 is 2.63 bits per heavy atom. The Hall–Kier alpha value is -4.25. The van der Waals surface area contributed by atoms with Crippen molar-refractivity contribution in [3.63, 3.8) is 0 Å². The van der Waals surface area contributed by atoms with Crippen molar-refractivity contribution in [1.29, 1.82) is 0 Å². The summed E-state index contributed by atoms with van der Waals surface area (Å²) in [5.74, 6) is -0.797. The highest BCUT2D eigenvalue weighted by atomic mass is 35.5. The fraction of sp³-hybridized carbons (Fsp3) is 0.130. The molecular weight excluding hydrogens is 482 g/mol. The van der Waals surface area contributed by atoms with E-state index in [-0.39, 0.29) is 39.0 Å². The van der Waals surface area contributed by atoms with E-state index in [1.54, 1.807) is 0 Å². The van der Waals surface area contributed by atoms with Gasteiger partial charge in [-0.2, -0.15) is 4.98 Å². The minimum atomic E-state index is -0.785. The molecule has 178 valence electrons. The first-order valence-electron chi connectivity index (χ1n) is 10.4. The Morgan fingerprint density at radius 1 is 1.11 bits per heavy atom. The van der Waals surface area contributed by atoms with Gasteiger partial charge in [-0.05, 0) is 31.2 Å². The zero-order valence-corrected chi connectivity index (χ0v) is 19.2. The molecule has 0 unspecified atom stereocenters. The van der Waals surface area contributed by atoms with Crippen LogP contribution in [0.3, 0.4) is 0 Å². The maximum absolute atomic E-state index is 13.9. The number of imidazole rings is 1. The number of aromatic nitrogens is 5. The zero-order valence-electron chi connectivity index (χ0n) is 18.4. The number of halogens is 3. The molecule has 1 aromatic carbocycles. The Bertz CT molecular complexity index is 1740. The molecule has 35 heavy (non-hydrogen) atoms. The van der Waals surface area contributed by atoms with Crippen molar-refractivity contribution in [3.05, 3.63) is 86.3 Å². The summed E-state index contributed by atoms with van der Waals surface area (Å²) >= 11 is 6.01. The number of hydrogen-bond donors (Lipinski definition) is 1. The van der Waals surface area contributed by atoms with E-state index in [0.29, 0.717) is 12.4 Å². The second-order valence-corrected chi connectivity index (χ2v) is 7.89. The predicted octanol–water partition coefficient (Wildman–Crippen LogP) is 3.56. The molecule has 0 fully saturated rings. The van der Waals surface area contributed by atoms with Crippen molar-refractivity contribution in [1.82, 2.24) is 23.5 Å². The molecule has 4 heterocycles. The number of benzene rings is 1. The molecule has 4 aromatic heterocycles. The van der Waals surface area contributed by atoms with E-state index in [1.807, 2.05) is 6.92 Å². The van der Waals surface area contributed by atoms with Crippen LogP contribution in [-0.2, 0) is 0 Å². The summed E-state index contributed by atoms with van der Waals surface area (Å²) in [4.78, 5) is 36.0. The lowest BCUT2D eigenvalue weighted by Crippen LogP contribution is -2.39. The van der Waals surface area contributed by atoms with Crippen LogP contribution in [0.25, 0.3) is 28.1 Å². The number of pyridine rings is 2. The molecule has 9 nitrogen and oxygen atoms in total. The van der Waals surface area contributed by atoms with Gasteiger partial charge in [0.2, 0.25) is 5.88 Å². The molecule has 0 saturated heterocycles. The van der Waals surface area contributed by atoms with Crippen LogP contribution in [0.5, 0.6) is 5.88 Å². The minimum absolute atomic E-state index is 0.00809.